The number of ether oxygens (including phenoxy) is 1. The summed E-state index contributed by atoms with van der Waals surface area (Å²) >= 11 is 5.79. The summed E-state index contributed by atoms with van der Waals surface area (Å²) in [5.41, 5.74) is 6.75. The number of halogens is 1. The van der Waals surface area contributed by atoms with Gasteiger partial charge in [0.05, 0.1) is 24.4 Å². The van der Waals surface area contributed by atoms with E-state index in [2.05, 4.69) is 5.32 Å². The number of benzene rings is 2. The lowest BCUT2D eigenvalue weighted by Crippen LogP contribution is -2.16. The minimum Gasteiger partial charge on any atom is -0.493 e. The van der Waals surface area contributed by atoms with Crippen molar-refractivity contribution in [1.82, 2.24) is 0 Å². The SMILES string of the molecule is Nc1cc(Cl)ccc1NC(=O)CCOc1ccccc1. The molecule has 0 saturated carbocycles. The molecule has 0 radical (unpaired) electrons. The molecule has 2 rings (SSSR count). The Labute approximate surface area is 122 Å². The molecular formula is C15H15ClN2O2. The molecular weight excluding hydrogens is 276 g/mol. The summed E-state index contributed by atoms with van der Waals surface area (Å²) < 4.78 is 5.45. The Balaban J connectivity index is 1.81. The highest BCUT2D eigenvalue weighted by molar-refractivity contribution is 6.31. The van der Waals surface area contributed by atoms with Crippen LogP contribution in [0, 0.1) is 0 Å². The smallest absolute Gasteiger partial charge is 0.227 e. The van der Waals surface area contributed by atoms with Crippen LogP contribution in [0.5, 0.6) is 5.75 Å². The van der Waals surface area contributed by atoms with Gasteiger partial charge in [-0.2, -0.15) is 0 Å². The van der Waals surface area contributed by atoms with E-state index < -0.39 is 0 Å². The molecule has 0 aliphatic heterocycles. The van der Waals surface area contributed by atoms with E-state index >= 15 is 0 Å². The van der Waals surface area contributed by atoms with Gasteiger partial charge in [-0.15, -0.1) is 0 Å². The summed E-state index contributed by atoms with van der Waals surface area (Å²) in [6.45, 7) is 0.309. The quantitative estimate of drug-likeness (QED) is 0.830. The topological polar surface area (TPSA) is 64.3 Å². The largest absolute Gasteiger partial charge is 0.493 e. The summed E-state index contributed by atoms with van der Waals surface area (Å²) in [6, 6.07) is 14.3. The lowest BCUT2D eigenvalue weighted by atomic mass is 10.2. The molecule has 4 nitrogen and oxygen atoms in total. The van der Waals surface area contributed by atoms with Crippen molar-refractivity contribution in [3.05, 3.63) is 53.6 Å². The maximum Gasteiger partial charge on any atom is 0.227 e. The summed E-state index contributed by atoms with van der Waals surface area (Å²) in [5, 5.41) is 3.26. The molecule has 0 atom stereocenters. The number of nitrogens with one attached hydrogen (secondary N) is 1. The monoisotopic (exact) mass is 290 g/mol. The molecule has 1 amide bonds. The zero-order valence-corrected chi connectivity index (χ0v) is 11.6. The number of nitrogen functional groups attached to an aromatic ring is 1. The standard InChI is InChI=1S/C15H15ClN2O2/c16-11-6-7-14(13(17)10-11)18-15(19)8-9-20-12-4-2-1-3-5-12/h1-7,10H,8-9,17H2,(H,18,19). The third-order valence-electron chi connectivity index (χ3n) is 2.63. The van der Waals surface area contributed by atoms with Crippen LogP contribution in [0.4, 0.5) is 11.4 Å². The molecule has 0 unspecified atom stereocenters. The zero-order chi connectivity index (χ0) is 14.4. The van der Waals surface area contributed by atoms with E-state index in [1.807, 2.05) is 30.3 Å². The molecule has 5 heteroatoms. The fraction of sp³-hybridized carbons (Fsp3) is 0.133. The first-order valence-corrected chi connectivity index (χ1v) is 6.55. The molecule has 2 aromatic rings. The molecule has 0 aliphatic carbocycles. The molecule has 0 aromatic heterocycles. The minimum atomic E-state index is -0.157. The molecule has 0 bridgehead atoms. The summed E-state index contributed by atoms with van der Waals surface area (Å²) in [6.07, 6.45) is 0.247. The fourth-order valence-corrected chi connectivity index (χ4v) is 1.82. The number of carbonyl (C=O) groups is 1. The summed E-state index contributed by atoms with van der Waals surface area (Å²) in [4.78, 5) is 11.8. The molecule has 2 aromatic carbocycles. The third kappa shape index (κ3) is 4.17. The first kappa shape index (κ1) is 14.2. The van der Waals surface area contributed by atoms with E-state index in [4.69, 9.17) is 22.1 Å². The number of para-hydroxylation sites is 1. The van der Waals surface area contributed by atoms with Gasteiger partial charge in [0.2, 0.25) is 5.91 Å². The predicted octanol–water partition coefficient (Wildman–Crippen LogP) is 3.33. The Kier molecular flexibility index (Phi) is 4.85. The van der Waals surface area contributed by atoms with Crippen molar-refractivity contribution in [3.8, 4) is 5.75 Å². The maximum atomic E-state index is 11.8. The van der Waals surface area contributed by atoms with Crippen LogP contribution in [0.25, 0.3) is 0 Å². The lowest BCUT2D eigenvalue weighted by Gasteiger charge is -2.09. The van der Waals surface area contributed by atoms with E-state index in [1.54, 1.807) is 18.2 Å². The van der Waals surface area contributed by atoms with Crippen LogP contribution in [0.3, 0.4) is 0 Å². The Morgan fingerprint density at radius 1 is 1.20 bits per heavy atom. The van der Waals surface area contributed by atoms with Gasteiger partial charge in [-0.1, -0.05) is 29.8 Å². The van der Waals surface area contributed by atoms with Gasteiger partial charge >= 0.3 is 0 Å². The van der Waals surface area contributed by atoms with Crippen LogP contribution in [-0.2, 0) is 4.79 Å². The van der Waals surface area contributed by atoms with Gasteiger partial charge in [-0.05, 0) is 30.3 Å². The highest BCUT2D eigenvalue weighted by atomic mass is 35.5. The molecule has 3 N–H and O–H groups in total. The van der Waals surface area contributed by atoms with E-state index in [1.165, 1.54) is 0 Å². The van der Waals surface area contributed by atoms with Crippen LogP contribution in [0.1, 0.15) is 6.42 Å². The maximum absolute atomic E-state index is 11.8. The highest BCUT2D eigenvalue weighted by Crippen LogP contribution is 2.22. The number of hydrogen-bond acceptors (Lipinski definition) is 3. The first-order valence-electron chi connectivity index (χ1n) is 6.18. The Morgan fingerprint density at radius 2 is 1.95 bits per heavy atom. The predicted molar refractivity (Wildman–Crippen MR) is 81.0 cm³/mol. The molecule has 0 saturated heterocycles. The van der Waals surface area contributed by atoms with Crippen molar-refractivity contribution in [2.75, 3.05) is 17.7 Å². The lowest BCUT2D eigenvalue weighted by molar-refractivity contribution is -0.116. The van der Waals surface area contributed by atoms with Gasteiger partial charge in [-0.25, -0.2) is 0 Å². The van der Waals surface area contributed by atoms with Crippen LogP contribution in [0.15, 0.2) is 48.5 Å². The van der Waals surface area contributed by atoms with Gasteiger partial charge in [0.15, 0.2) is 0 Å². The number of carbonyl (C=O) groups excluding carboxylic acids is 1. The molecule has 0 spiro atoms. The fourth-order valence-electron chi connectivity index (χ4n) is 1.64. The number of amides is 1. The van der Waals surface area contributed by atoms with Crippen LogP contribution < -0.4 is 15.8 Å². The van der Waals surface area contributed by atoms with Crippen molar-refractivity contribution < 1.29 is 9.53 Å². The second kappa shape index (κ2) is 6.82. The molecule has 20 heavy (non-hydrogen) atoms. The van der Waals surface area contributed by atoms with E-state index in [9.17, 15) is 4.79 Å². The summed E-state index contributed by atoms with van der Waals surface area (Å²) in [7, 11) is 0. The van der Waals surface area contributed by atoms with Crippen molar-refractivity contribution in [3.63, 3.8) is 0 Å². The summed E-state index contributed by atoms with van der Waals surface area (Å²) in [5.74, 6) is 0.585. The normalized spacial score (nSPS) is 10.1. The number of rotatable bonds is 5. The minimum absolute atomic E-state index is 0.157. The van der Waals surface area contributed by atoms with Crippen molar-refractivity contribution in [2.24, 2.45) is 0 Å². The highest BCUT2D eigenvalue weighted by Gasteiger charge is 2.06. The van der Waals surface area contributed by atoms with Gasteiger partial charge in [-0.3, -0.25) is 4.79 Å². The van der Waals surface area contributed by atoms with Gasteiger partial charge in [0.1, 0.15) is 5.75 Å². The van der Waals surface area contributed by atoms with Crippen LogP contribution in [-0.4, -0.2) is 12.5 Å². The van der Waals surface area contributed by atoms with Crippen LogP contribution in [0.2, 0.25) is 5.02 Å². The van der Waals surface area contributed by atoms with E-state index in [-0.39, 0.29) is 12.3 Å². The van der Waals surface area contributed by atoms with E-state index in [0.29, 0.717) is 23.0 Å². The van der Waals surface area contributed by atoms with Gasteiger partial charge in [0, 0.05) is 5.02 Å². The molecule has 0 heterocycles. The Hall–Kier alpha value is -2.20. The second-order valence-electron chi connectivity index (χ2n) is 4.19. The number of anilines is 2. The third-order valence-corrected chi connectivity index (χ3v) is 2.86. The van der Waals surface area contributed by atoms with Crippen molar-refractivity contribution >= 4 is 28.9 Å². The average Bonchev–Trinajstić information content (AvgIpc) is 2.43. The van der Waals surface area contributed by atoms with Gasteiger partial charge in [0.25, 0.3) is 0 Å². The Bertz CT molecular complexity index is 588. The molecule has 0 aliphatic rings. The number of nitrogens with two attached hydrogens (primary N) is 1. The second-order valence-corrected chi connectivity index (χ2v) is 4.63. The molecule has 104 valence electrons. The zero-order valence-electron chi connectivity index (χ0n) is 10.8. The van der Waals surface area contributed by atoms with Gasteiger partial charge < -0.3 is 15.8 Å². The van der Waals surface area contributed by atoms with Crippen molar-refractivity contribution in [1.29, 1.82) is 0 Å². The average molecular weight is 291 g/mol. The Morgan fingerprint density at radius 3 is 2.65 bits per heavy atom. The van der Waals surface area contributed by atoms with E-state index in [0.717, 1.165) is 5.75 Å². The molecule has 0 fully saturated rings. The first-order chi connectivity index (χ1) is 9.65. The van der Waals surface area contributed by atoms with Crippen molar-refractivity contribution in [2.45, 2.75) is 6.42 Å². The van der Waals surface area contributed by atoms with Crippen LogP contribution >= 0.6 is 11.6 Å². The number of hydrogen-bond donors (Lipinski definition) is 2.